The van der Waals surface area contributed by atoms with E-state index in [1.165, 1.54) is 0 Å². The number of imidazole rings is 1. The fourth-order valence-corrected chi connectivity index (χ4v) is 2.75. The summed E-state index contributed by atoms with van der Waals surface area (Å²) in [4.78, 5) is 23.1. The summed E-state index contributed by atoms with van der Waals surface area (Å²) in [6.07, 6.45) is 1.75. The van der Waals surface area contributed by atoms with Crippen LogP contribution in [-0.4, -0.2) is 20.9 Å². The van der Waals surface area contributed by atoms with Gasteiger partial charge in [0.15, 0.2) is 0 Å². The number of benzene rings is 1. The van der Waals surface area contributed by atoms with Crippen molar-refractivity contribution in [3.63, 3.8) is 0 Å². The maximum Gasteiger partial charge on any atom is 0.268 e. The molecule has 1 amide bonds. The van der Waals surface area contributed by atoms with E-state index in [0.29, 0.717) is 5.69 Å². The Hall–Kier alpha value is -2.08. The molecule has 0 bridgehead atoms. The van der Waals surface area contributed by atoms with Gasteiger partial charge in [0.05, 0.1) is 5.54 Å². The number of aromatic nitrogens is 3. The molecule has 0 aliphatic rings. The molecule has 22 heavy (non-hydrogen) atoms. The second-order valence-corrected chi connectivity index (χ2v) is 6.82. The summed E-state index contributed by atoms with van der Waals surface area (Å²) in [5.41, 5.74) is 1.85. The minimum absolute atomic E-state index is 0.161. The number of amides is 1. The molecule has 3 N–H and O–H groups in total. The van der Waals surface area contributed by atoms with E-state index >= 15 is 0 Å². The van der Waals surface area contributed by atoms with E-state index in [2.05, 4.69) is 36.2 Å². The average Bonchev–Trinajstić information content (AvgIpc) is 3.04. The van der Waals surface area contributed by atoms with Crippen molar-refractivity contribution in [3.8, 4) is 0 Å². The summed E-state index contributed by atoms with van der Waals surface area (Å²) in [7, 11) is 0. The monoisotopic (exact) mass is 360 g/mol. The van der Waals surface area contributed by atoms with Crippen LogP contribution in [0.4, 0.5) is 0 Å². The van der Waals surface area contributed by atoms with Crippen LogP contribution in [0.2, 0.25) is 0 Å². The lowest BCUT2D eigenvalue weighted by Crippen LogP contribution is -2.42. The van der Waals surface area contributed by atoms with Crippen molar-refractivity contribution < 1.29 is 4.79 Å². The van der Waals surface area contributed by atoms with Crippen LogP contribution in [0.1, 0.15) is 35.9 Å². The van der Waals surface area contributed by atoms with Crippen molar-refractivity contribution in [1.82, 2.24) is 20.3 Å². The first-order chi connectivity index (χ1) is 10.3. The van der Waals surface area contributed by atoms with Gasteiger partial charge in [-0.05, 0) is 45.0 Å². The normalized spacial score (nSPS) is 11.8. The molecule has 0 saturated carbocycles. The van der Waals surface area contributed by atoms with Crippen molar-refractivity contribution in [2.24, 2.45) is 0 Å². The average molecular weight is 361 g/mol. The van der Waals surface area contributed by atoms with Crippen LogP contribution >= 0.6 is 15.9 Å². The molecule has 6 heteroatoms. The third kappa shape index (κ3) is 2.78. The van der Waals surface area contributed by atoms with Crippen molar-refractivity contribution in [2.75, 3.05) is 0 Å². The zero-order valence-electron chi connectivity index (χ0n) is 12.6. The predicted octanol–water partition coefficient (Wildman–Crippen LogP) is 3.63. The molecule has 0 atom stereocenters. The van der Waals surface area contributed by atoms with E-state index in [1.807, 2.05) is 45.0 Å². The number of H-pyrrole nitrogens is 2. The number of halogens is 1. The van der Waals surface area contributed by atoms with Gasteiger partial charge < -0.3 is 15.3 Å². The highest BCUT2D eigenvalue weighted by molar-refractivity contribution is 9.10. The number of nitrogens with zero attached hydrogens (tertiary/aromatic N) is 1. The van der Waals surface area contributed by atoms with E-state index < -0.39 is 5.54 Å². The van der Waals surface area contributed by atoms with Crippen LogP contribution in [0.3, 0.4) is 0 Å². The first-order valence-corrected chi connectivity index (χ1v) is 7.77. The van der Waals surface area contributed by atoms with Gasteiger partial charge >= 0.3 is 0 Å². The number of carbonyl (C=O) groups excluding carboxylic acids is 1. The molecular formula is C16H17BrN4O. The summed E-state index contributed by atoms with van der Waals surface area (Å²) in [5.74, 6) is 0.573. The van der Waals surface area contributed by atoms with Crippen molar-refractivity contribution in [1.29, 1.82) is 0 Å². The number of aryl methyl sites for hydroxylation is 1. The molecular weight excluding hydrogens is 344 g/mol. The Balaban J connectivity index is 1.86. The summed E-state index contributed by atoms with van der Waals surface area (Å²) >= 11 is 3.43. The molecule has 2 aromatic heterocycles. The third-order valence-corrected chi connectivity index (χ3v) is 4.04. The van der Waals surface area contributed by atoms with Crippen molar-refractivity contribution >= 4 is 32.7 Å². The van der Waals surface area contributed by atoms with Crippen LogP contribution < -0.4 is 5.32 Å². The fourth-order valence-electron chi connectivity index (χ4n) is 2.37. The lowest BCUT2D eigenvalue weighted by Gasteiger charge is -2.23. The molecule has 0 radical (unpaired) electrons. The quantitative estimate of drug-likeness (QED) is 0.667. The molecule has 0 aliphatic heterocycles. The topological polar surface area (TPSA) is 73.6 Å². The molecule has 0 aliphatic carbocycles. The van der Waals surface area contributed by atoms with Gasteiger partial charge in [0.1, 0.15) is 11.5 Å². The van der Waals surface area contributed by atoms with Gasteiger partial charge in [-0.15, -0.1) is 0 Å². The van der Waals surface area contributed by atoms with Crippen LogP contribution in [0.25, 0.3) is 10.9 Å². The van der Waals surface area contributed by atoms with Crippen LogP contribution in [0.15, 0.2) is 34.9 Å². The number of fused-ring (bicyclic) bond motifs is 1. The van der Waals surface area contributed by atoms with E-state index in [1.54, 1.807) is 6.20 Å². The lowest BCUT2D eigenvalue weighted by atomic mass is 10.0. The SMILES string of the molecule is Cc1cnc(C(C)(C)NC(=O)c2cc3cc(Br)ccc3[nH]2)[nH]1. The predicted molar refractivity (Wildman–Crippen MR) is 89.8 cm³/mol. The zero-order chi connectivity index (χ0) is 15.9. The van der Waals surface area contributed by atoms with Gasteiger partial charge in [0.25, 0.3) is 5.91 Å². The number of nitrogens with one attached hydrogen (secondary N) is 3. The Morgan fingerprint density at radius 1 is 1.27 bits per heavy atom. The molecule has 1 aromatic carbocycles. The van der Waals surface area contributed by atoms with Gasteiger partial charge in [-0.3, -0.25) is 4.79 Å². The molecule has 5 nitrogen and oxygen atoms in total. The second-order valence-electron chi connectivity index (χ2n) is 5.91. The summed E-state index contributed by atoms with van der Waals surface area (Å²) in [5, 5.41) is 3.99. The first kappa shape index (κ1) is 14.8. The Morgan fingerprint density at radius 3 is 2.73 bits per heavy atom. The van der Waals surface area contributed by atoms with E-state index in [4.69, 9.17) is 0 Å². The van der Waals surface area contributed by atoms with Gasteiger partial charge in [0.2, 0.25) is 0 Å². The van der Waals surface area contributed by atoms with Crippen LogP contribution in [0, 0.1) is 6.92 Å². The first-order valence-electron chi connectivity index (χ1n) is 6.98. The van der Waals surface area contributed by atoms with Crippen LogP contribution in [-0.2, 0) is 5.54 Å². The zero-order valence-corrected chi connectivity index (χ0v) is 14.2. The van der Waals surface area contributed by atoms with Gasteiger partial charge in [-0.2, -0.15) is 0 Å². The summed E-state index contributed by atoms with van der Waals surface area (Å²) in [6.45, 7) is 5.77. The van der Waals surface area contributed by atoms with E-state index in [-0.39, 0.29) is 5.91 Å². The number of hydrogen-bond acceptors (Lipinski definition) is 2. The lowest BCUT2D eigenvalue weighted by molar-refractivity contribution is 0.0904. The van der Waals surface area contributed by atoms with E-state index in [0.717, 1.165) is 26.9 Å². The fraction of sp³-hybridized carbons (Fsp3) is 0.250. The van der Waals surface area contributed by atoms with Crippen molar-refractivity contribution in [2.45, 2.75) is 26.3 Å². The summed E-state index contributed by atoms with van der Waals surface area (Å²) in [6, 6.07) is 7.70. The number of aromatic amines is 2. The minimum atomic E-state index is -0.580. The Labute approximate surface area is 136 Å². The maximum atomic E-state index is 12.5. The largest absolute Gasteiger partial charge is 0.351 e. The van der Waals surface area contributed by atoms with Gasteiger partial charge in [-0.25, -0.2) is 4.98 Å². The molecule has 0 fully saturated rings. The van der Waals surface area contributed by atoms with Gasteiger partial charge in [0, 0.05) is 27.3 Å². The Kier molecular flexibility index (Phi) is 3.56. The molecule has 3 rings (SSSR count). The van der Waals surface area contributed by atoms with Gasteiger partial charge in [-0.1, -0.05) is 15.9 Å². The van der Waals surface area contributed by atoms with E-state index in [9.17, 15) is 4.79 Å². The maximum absolute atomic E-state index is 12.5. The molecule has 0 saturated heterocycles. The molecule has 2 heterocycles. The van der Waals surface area contributed by atoms with Crippen LogP contribution in [0.5, 0.6) is 0 Å². The second kappa shape index (κ2) is 5.28. The molecule has 114 valence electrons. The highest BCUT2D eigenvalue weighted by Crippen LogP contribution is 2.22. The minimum Gasteiger partial charge on any atom is -0.351 e. The smallest absolute Gasteiger partial charge is 0.268 e. The highest BCUT2D eigenvalue weighted by Gasteiger charge is 2.27. The summed E-state index contributed by atoms with van der Waals surface area (Å²) < 4.78 is 0.984. The molecule has 3 aromatic rings. The number of rotatable bonds is 3. The molecule has 0 spiro atoms. The number of carbonyl (C=O) groups is 1. The standard InChI is InChI=1S/C16H17BrN4O/c1-9-8-18-15(19-9)16(2,3)21-14(22)13-7-10-6-11(17)4-5-12(10)20-13/h4-8,20H,1-3H3,(H,18,19)(H,21,22). The van der Waals surface area contributed by atoms with Crippen molar-refractivity contribution in [3.05, 3.63) is 52.1 Å². The highest BCUT2D eigenvalue weighted by atomic mass is 79.9. The molecule has 0 unspecified atom stereocenters. The third-order valence-electron chi connectivity index (χ3n) is 3.55. The Bertz CT molecular complexity index is 847. The Morgan fingerprint density at radius 2 is 2.05 bits per heavy atom. The number of hydrogen-bond donors (Lipinski definition) is 3.